The Bertz CT molecular complexity index is 1070. The molecule has 2 aromatic heterocycles. The first-order valence-corrected chi connectivity index (χ1v) is 8.81. The van der Waals surface area contributed by atoms with E-state index in [1.54, 1.807) is 12.1 Å². The van der Waals surface area contributed by atoms with Gasteiger partial charge in [-0.2, -0.15) is 5.26 Å². The average Bonchev–Trinajstić information content (AvgIpc) is 2.69. The molecule has 3 rings (SSSR count). The van der Waals surface area contributed by atoms with Crippen molar-refractivity contribution in [1.29, 1.82) is 5.26 Å². The van der Waals surface area contributed by atoms with E-state index in [-0.39, 0.29) is 10.7 Å². The largest absolute Gasteiger partial charge is 0.353 e. The van der Waals surface area contributed by atoms with Crippen molar-refractivity contribution in [3.63, 3.8) is 0 Å². The molecule has 0 unspecified atom stereocenters. The molecular weight excluding hydrogens is 378 g/mol. The number of aromatic nitrogens is 2. The minimum absolute atomic E-state index is 0.255. The summed E-state index contributed by atoms with van der Waals surface area (Å²) in [5, 5.41) is 12.8. The molecule has 2 heterocycles. The van der Waals surface area contributed by atoms with E-state index in [1.165, 1.54) is 13.3 Å². The molecule has 1 amide bonds. The number of carbonyl (C=O) groups is 1. The normalized spacial score (nSPS) is 11.1. The maximum atomic E-state index is 12.4. The standard InChI is InChI=1S/C20H18ClN5O2/c1-20(2,11-22)12-4-6-13(7-5-12)24-17-14(19(27)26-28-3)10-23-15-8-9-16(21)25-18(15)17/h4-10H,1-3H3,(H,23,24)(H,26,27). The Labute approximate surface area is 167 Å². The summed E-state index contributed by atoms with van der Waals surface area (Å²) in [6.07, 6.45) is 1.45. The number of hydroxylamine groups is 1. The SMILES string of the molecule is CONC(=O)c1cnc2ccc(Cl)nc2c1Nc1ccc(C(C)(C)C#N)cc1. The second-order valence-electron chi connectivity index (χ2n) is 6.62. The molecule has 0 aliphatic heterocycles. The highest BCUT2D eigenvalue weighted by Crippen LogP contribution is 2.30. The maximum Gasteiger partial charge on any atom is 0.278 e. The lowest BCUT2D eigenvalue weighted by molar-refractivity contribution is 0.0538. The van der Waals surface area contributed by atoms with Crippen LogP contribution >= 0.6 is 11.6 Å². The molecule has 0 aliphatic rings. The first kappa shape index (κ1) is 19.5. The number of anilines is 2. The summed E-state index contributed by atoms with van der Waals surface area (Å²) in [6, 6.07) is 13.0. The van der Waals surface area contributed by atoms with Crippen LogP contribution in [0, 0.1) is 11.3 Å². The summed E-state index contributed by atoms with van der Waals surface area (Å²) < 4.78 is 0. The number of hydrogen-bond acceptors (Lipinski definition) is 6. The molecule has 0 fully saturated rings. The fourth-order valence-electron chi connectivity index (χ4n) is 2.67. The van der Waals surface area contributed by atoms with Gasteiger partial charge in [-0.25, -0.2) is 10.5 Å². The molecule has 142 valence electrons. The molecule has 0 aliphatic carbocycles. The zero-order valence-corrected chi connectivity index (χ0v) is 16.3. The van der Waals surface area contributed by atoms with Crippen molar-refractivity contribution < 1.29 is 9.63 Å². The van der Waals surface area contributed by atoms with Gasteiger partial charge in [0.25, 0.3) is 5.91 Å². The first-order chi connectivity index (χ1) is 13.4. The van der Waals surface area contributed by atoms with Gasteiger partial charge >= 0.3 is 0 Å². The lowest BCUT2D eigenvalue weighted by atomic mass is 9.86. The quantitative estimate of drug-likeness (QED) is 0.498. The van der Waals surface area contributed by atoms with Gasteiger partial charge in [0.15, 0.2) is 0 Å². The number of fused-ring (bicyclic) bond motifs is 1. The number of nitrogens with zero attached hydrogens (tertiary/aromatic N) is 3. The molecule has 0 saturated carbocycles. The van der Waals surface area contributed by atoms with Gasteiger partial charge in [0, 0.05) is 11.9 Å². The summed E-state index contributed by atoms with van der Waals surface area (Å²) in [5.74, 6) is -0.469. The molecule has 0 radical (unpaired) electrons. The molecule has 1 aromatic carbocycles. The third-order valence-corrected chi connectivity index (χ3v) is 4.48. The summed E-state index contributed by atoms with van der Waals surface area (Å²) in [4.78, 5) is 25.7. The molecule has 28 heavy (non-hydrogen) atoms. The van der Waals surface area contributed by atoms with Crippen LogP contribution in [0.4, 0.5) is 11.4 Å². The summed E-state index contributed by atoms with van der Waals surface area (Å²) in [5.41, 5.74) is 5.05. The molecule has 0 atom stereocenters. The summed E-state index contributed by atoms with van der Waals surface area (Å²) in [6.45, 7) is 3.70. The number of hydrogen-bond donors (Lipinski definition) is 2. The first-order valence-electron chi connectivity index (χ1n) is 8.43. The molecule has 7 nitrogen and oxygen atoms in total. The predicted octanol–water partition coefficient (Wildman–Crippen LogP) is 4.12. The lowest BCUT2D eigenvalue weighted by Gasteiger charge is -2.17. The molecule has 8 heteroatoms. The molecule has 2 N–H and O–H groups in total. The minimum Gasteiger partial charge on any atom is -0.353 e. The van der Waals surface area contributed by atoms with Gasteiger partial charge in [-0.1, -0.05) is 23.7 Å². The smallest absolute Gasteiger partial charge is 0.278 e. The van der Waals surface area contributed by atoms with Crippen molar-refractivity contribution in [3.8, 4) is 6.07 Å². The van der Waals surface area contributed by atoms with Crippen molar-refractivity contribution in [2.24, 2.45) is 0 Å². The molecule has 0 bridgehead atoms. The highest BCUT2D eigenvalue weighted by Gasteiger charge is 2.20. The van der Waals surface area contributed by atoms with Crippen LogP contribution in [0.25, 0.3) is 11.0 Å². The van der Waals surface area contributed by atoms with E-state index >= 15 is 0 Å². The highest BCUT2D eigenvalue weighted by molar-refractivity contribution is 6.30. The van der Waals surface area contributed by atoms with E-state index < -0.39 is 11.3 Å². The van der Waals surface area contributed by atoms with Gasteiger partial charge in [0.05, 0.1) is 35.4 Å². The predicted molar refractivity (Wildman–Crippen MR) is 107 cm³/mol. The number of halogens is 1. The molecular formula is C20H18ClN5O2. The molecule has 0 spiro atoms. The second-order valence-corrected chi connectivity index (χ2v) is 7.01. The summed E-state index contributed by atoms with van der Waals surface area (Å²) >= 11 is 6.05. The Balaban J connectivity index is 2.08. The summed E-state index contributed by atoms with van der Waals surface area (Å²) in [7, 11) is 1.35. The van der Waals surface area contributed by atoms with E-state index in [4.69, 9.17) is 16.4 Å². The van der Waals surface area contributed by atoms with E-state index in [0.717, 1.165) is 11.3 Å². The number of carbonyl (C=O) groups excluding carboxylic acids is 1. The second kappa shape index (κ2) is 7.80. The zero-order valence-electron chi connectivity index (χ0n) is 15.6. The fourth-order valence-corrected chi connectivity index (χ4v) is 2.82. The van der Waals surface area contributed by atoms with Gasteiger partial charge in [-0.05, 0) is 43.7 Å². The fraction of sp³-hybridized carbons (Fsp3) is 0.200. The van der Waals surface area contributed by atoms with Crippen molar-refractivity contribution in [2.75, 3.05) is 12.4 Å². The van der Waals surface area contributed by atoms with Crippen LogP contribution in [0.1, 0.15) is 29.8 Å². The lowest BCUT2D eigenvalue weighted by Crippen LogP contribution is -2.23. The molecule has 3 aromatic rings. The maximum absolute atomic E-state index is 12.4. The van der Waals surface area contributed by atoms with E-state index in [9.17, 15) is 10.1 Å². The van der Waals surface area contributed by atoms with Gasteiger partial charge < -0.3 is 5.32 Å². The Morgan fingerprint density at radius 1 is 1.21 bits per heavy atom. The third kappa shape index (κ3) is 3.88. The monoisotopic (exact) mass is 395 g/mol. The average molecular weight is 396 g/mol. The van der Waals surface area contributed by atoms with Crippen molar-refractivity contribution in [2.45, 2.75) is 19.3 Å². The van der Waals surface area contributed by atoms with E-state index in [1.807, 2.05) is 38.1 Å². The number of nitrogens with one attached hydrogen (secondary N) is 2. The minimum atomic E-state index is -0.597. The van der Waals surface area contributed by atoms with Gasteiger partial charge in [0.1, 0.15) is 10.7 Å². The van der Waals surface area contributed by atoms with Crippen LogP contribution in [0.5, 0.6) is 0 Å². The van der Waals surface area contributed by atoms with Crippen LogP contribution in [0.15, 0.2) is 42.6 Å². The van der Waals surface area contributed by atoms with E-state index in [2.05, 4.69) is 26.8 Å². The molecule has 0 saturated heterocycles. The van der Waals surface area contributed by atoms with Crippen LogP contribution in [0.2, 0.25) is 5.15 Å². The van der Waals surface area contributed by atoms with Gasteiger partial charge in [0.2, 0.25) is 0 Å². The number of nitriles is 1. The Morgan fingerprint density at radius 2 is 1.93 bits per heavy atom. The number of rotatable bonds is 5. The van der Waals surface area contributed by atoms with Crippen LogP contribution in [-0.2, 0) is 10.3 Å². The van der Waals surface area contributed by atoms with Crippen LogP contribution in [-0.4, -0.2) is 23.0 Å². The van der Waals surface area contributed by atoms with Gasteiger partial charge in [-0.3, -0.25) is 14.6 Å². The van der Waals surface area contributed by atoms with Crippen LogP contribution < -0.4 is 10.8 Å². The zero-order chi connectivity index (χ0) is 20.3. The Morgan fingerprint density at radius 3 is 2.57 bits per heavy atom. The van der Waals surface area contributed by atoms with Crippen LogP contribution in [0.3, 0.4) is 0 Å². The number of pyridine rings is 2. The topological polar surface area (TPSA) is 99.9 Å². The van der Waals surface area contributed by atoms with Crippen molar-refractivity contribution >= 4 is 39.9 Å². The van der Waals surface area contributed by atoms with Gasteiger partial charge in [-0.15, -0.1) is 0 Å². The van der Waals surface area contributed by atoms with Crippen molar-refractivity contribution in [1.82, 2.24) is 15.4 Å². The Kier molecular flexibility index (Phi) is 5.45. The Hall–Kier alpha value is -3.21. The third-order valence-electron chi connectivity index (χ3n) is 4.27. The number of amides is 1. The van der Waals surface area contributed by atoms with E-state index in [0.29, 0.717) is 16.7 Å². The number of benzene rings is 1. The van der Waals surface area contributed by atoms with Crippen molar-refractivity contribution in [3.05, 3.63) is 58.9 Å². The highest BCUT2D eigenvalue weighted by atomic mass is 35.5.